The maximum Gasteiger partial charge on any atom is 0.227 e. The Bertz CT molecular complexity index is 804. The van der Waals surface area contributed by atoms with Crippen molar-refractivity contribution in [2.24, 2.45) is 4.99 Å². The number of carbonyl (C=O) groups excluding carboxylic acids is 1. The average molecular weight is 424 g/mol. The maximum atomic E-state index is 14.2. The lowest BCUT2D eigenvalue weighted by atomic mass is 10.2. The molecular formula is C21H24F3N3OS. The molecule has 0 saturated heterocycles. The molecule has 1 rings (SSSR count). The molecule has 156 valence electrons. The topological polar surface area (TPSA) is 53.5 Å². The fourth-order valence-electron chi connectivity index (χ4n) is 2.13. The van der Waals surface area contributed by atoms with Crippen molar-refractivity contribution in [3.8, 4) is 12.3 Å². The van der Waals surface area contributed by atoms with E-state index in [2.05, 4.69) is 15.6 Å². The minimum atomic E-state index is -1.86. The van der Waals surface area contributed by atoms with Gasteiger partial charge in [0.15, 0.2) is 11.3 Å². The number of hydrogen-bond acceptors (Lipinski definition) is 4. The van der Waals surface area contributed by atoms with Gasteiger partial charge in [-0.3, -0.25) is 4.79 Å². The number of alkyl halides is 1. The zero-order valence-corrected chi connectivity index (χ0v) is 17.2. The monoisotopic (exact) mass is 423 g/mol. The molecule has 0 bridgehead atoms. The number of nitrogens with one attached hydrogen (secondary N) is 2. The van der Waals surface area contributed by atoms with Gasteiger partial charge in [-0.2, -0.15) is 0 Å². The van der Waals surface area contributed by atoms with E-state index in [-0.39, 0.29) is 42.0 Å². The van der Waals surface area contributed by atoms with Crippen LogP contribution in [0.1, 0.15) is 26.2 Å². The number of amidine groups is 1. The fraction of sp³-hybridized carbons (Fsp3) is 0.333. The Hall–Kier alpha value is -2.66. The zero-order chi connectivity index (χ0) is 21.6. The summed E-state index contributed by atoms with van der Waals surface area (Å²) in [5, 5.41) is 5.71. The molecule has 0 aliphatic heterocycles. The number of rotatable bonds is 8. The Labute approximate surface area is 173 Å². The van der Waals surface area contributed by atoms with Crippen LogP contribution in [0.3, 0.4) is 0 Å². The Kier molecular flexibility index (Phi) is 11.4. The van der Waals surface area contributed by atoms with Crippen molar-refractivity contribution < 1.29 is 18.0 Å². The number of nitrogens with zero attached hydrogens (tertiary/aromatic N) is 1. The van der Waals surface area contributed by atoms with Gasteiger partial charge in [0, 0.05) is 25.1 Å². The molecule has 8 heteroatoms. The Morgan fingerprint density at radius 1 is 1.52 bits per heavy atom. The highest BCUT2D eigenvalue weighted by molar-refractivity contribution is 8.13. The van der Waals surface area contributed by atoms with Crippen molar-refractivity contribution in [1.82, 2.24) is 10.6 Å². The highest BCUT2D eigenvalue weighted by Crippen LogP contribution is 2.17. The minimum absolute atomic E-state index is 0.0882. The minimum Gasteiger partial charge on any atom is -0.384 e. The van der Waals surface area contributed by atoms with Crippen molar-refractivity contribution in [2.45, 2.75) is 32.4 Å². The van der Waals surface area contributed by atoms with E-state index in [1.54, 1.807) is 37.3 Å². The second-order valence-corrected chi connectivity index (χ2v) is 6.57. The van der Waals surface area contributed by atoms with Crippen molar-refractivity contribution in [3.63, 3.8) is 0 Å². The number of thioether (sulfide) groups is 1. The van der Waals surface area contributed by atoms with Crippen LogP contribution in [0.5, 0.6) is 0 Å². The van der Waals surface area contributed by atoms with E-state index in [1.807, 2.05) is 0 Å². The van der Waals surface area contributed by atoms with Crippen molar-refractivity contribution in [3.05, 3.63) is 59.5 Å². The summed E-state index contributed by atoms with van der Waals surface area (Å²) in [5.41, 5.74) is 0.460. The normalized spacial score (nSPS) is 16.3. The van der Waals surface area contributed by atoms with E-state index in [0.717, 1.165) is 11.8 Å². The van der Waals surface area contributed by atoms with Crippen LogP contribution in [0.4, 0.5) is 13.2 Å². The number of terminal acetylenes is 1. The van der Waals surface area contributed by atoms with Crippen LogP contribution in [0, 0.1) is 12.3 Å². The molecule has 1 unspecified atom stereocenters. The molecule has 0 fully saturated rings. The highest BCUT2D eigenvalue weighted by Gasteiger charge is 2.11. The Morgan fingerprint density at radius 2 is 2.28 bits per heavy atom. The standard InChI is InChI=1S/C21H24F3N3OS/c1-4-8-19(18(24)14-15(22)5-2)26-21(29-3)27-20(28)11-12-25-17-10-7-6-9-16(23)13-17/h2,6-8,10,13-15,25H,4,9,11-12H2,1,3H3,(H,26,27,28)/b18-14+,19-8+. The van der Waals surface area contributed by atoms with Crippen LogP contribution in [0.15, 0.2) is 64.5 Å². The lowest BCUT2D eigenvalue weighted by molar-refractivity contribution is -0.119. The predicted octanol–water partition coefficient (Wildman–Crippen LogP) is 4.62. The highest BCUT2D eigenvalue weighted by atomic mass is 32.2. The maximum absolute atomic E-state index is 14.2. The van der Waals surface area contributed by atoms with Gasteiger partial charge in [-0.15, -0.1) is 6.42 Å². The second kappa shape index (κ2) is 13.5. The van der Waals surface area contributed by atoms with Gasteiger partial charge in [0.25, 0.3) is 0 Å². The van der Waals surface area contributed by atoms with Crippen LogP contribution < -0.4 is 10.6 Å². The lowest BCUT2D eigenvalue weighted by Gasteiger charge is -2.09. The molecule has 0 aromatic rings. The summed E-state index contributed by atoms with van der Waals surface area (Å²) in [5.74, 6) is 0.243. The first-order chi connectivity index (χ1) is 13.9. The third kappa shape index (κ3) is 9.90. The fourth-order valence-corrected chi connectivity index (χ4v) is 2.53. The molecule has 0 heterocycles. The molecule has 29 heavy (non-hydrogen) atoms. The summed E-state index contributed by atoms with van der Waals surface area (Å²) in [6.07, 6.45) is 14.1. The summed E-state index contributed by atoms with van der Waals surface area (Å²) in [6, 6.07) is 0. The second-order valence-electron chi connectivity index (χ2n) is 5.77. The van der Waals surface area contributed by atoms with Crippen LogP contribution in [0.25, 0.3) is 0 Å². The number of allylic oxidation sites excluding steroid dienone is 8. The molecule has 0 aromatic heterocycles. The lowest BCUT2D eigenvalue weighted by Crippen LogP contribution is -2.31. The number of halogens is 3. The third-order valence-corrected chi connectivity index (χ3v) is 4.05. The number of aliphatic imine (C=N–C) groups is 1. The van der Waals surface area contributed by atoms with Gasteiger partial charge in [0.2, 0.25) is 5.91 Å². The largest absolute Gasteiger partial charge is 0.384 e. The molecule has 0 aromatic carbocycles. The number of carbonyl (C=O) groups is 1. The number of hydrogen-bond donors (Lipinski definition) is 2. The summed E-state index contributed by atoms with van der Waals surface area (Å²) in [4.78, 5) is 16.2. The van der Waals surface area contributed by atoms with Gasteiger partial charge in [-0.25, -0.2) is 18.2 Å². The summed E-state index contributed by atoms with van der Waals surface area (Å²) >= 11 is 1.11. The molecule has 1 atom stereocenters. The summed E-state index contributed by atoms with van der Waals surface area (Å²) in [7, 11) is 0. The van der Waals surface area contributed by atoms with Gasteiger partial charge in [0.1, 0.15) is 11.7 Å². The first kappa shape index (κ1) is 24.4. The quantitative estimate of drug-likeness (QED) is 0.259. The molecular weight excluding hydrogens is 399 g/mol. The van der Waals surface area contributed by atoms with Crippen LogP contribution in [-0.4, -0.2) is 30.0 Å². The van der Waals surface area contributed by atoms with E-state index in [9.17, 15) is 18.0 Å². The van der Waals surface area contributed by atoms with Gasteiger partial charge in [0.05, 0.1) is 5.70 Å². The van der Waals surface area contributed by atoms with Crippen molar-refractivity contribution >= 4 is 22.8 Å². The Morgan fingerprint density at radius 3 is 2.93 bits per heavy atom. The molecule has 0 saturated carbocycles. The molecule has 2 N–H and O–H groups in total. The van der Waals surface area contributed by atoms with E-state index in [4.69, 9.17) is 6.42 Å². The Balaban J connectivity index is 2.71. The van der Waals surface area contributed by atoms with E-state index in [0.29, 0.717) is 18.2 Å². The first-order valence-corrected chi connectivity index (χ1v) is 10.2. The van der Waals surface area contributed by atoms with Crippen molar-refractivity contribution in [1.29, 1.82) is 0 Å². The van der Waals surface area contributed by atoms with Gasteiger partial charge in [-0.05, 0) is 30.9 Å². The predicted molar refractivity (Wildman–Crippen MR) is 114 cm³/mol. The van der Waals surface area contributed by atoms with Crippen LogP contribution >= 0.6 is 11.8 Å². The molecule has 1 amide bonds. The van der Waals surface area contributed by atoms with Gasteiger partial charge in [-0.1, -0.05) is 42.8 Å². The molecule has 0 radical (unpaired) electrons. The molecule has 4 nitrogen and oxygen atoms in total. The zero-order valence-electron chi connectivity index (χ0n) is 16.3. The third-order valence-electron chi connectivity index (χ3n) is 3.47. The van der Waals surface area contributed by atoms with Gasteiger partial charge < -0.3 is 10.6 Å². The summed E-state index contributed by atoms with van der Waals surface area (Å²) in [6.45, 7) is 2.04. The molecule has 1 aliphatic rings. The average Bonchev–Trinajstić information content (AvgIpc) is 2.90. The van der Waals surface area contributed by atoms with E-state index >= 15 is 0 Å². The van der Waals surface area contributed by atoms with E-state index in [1.165, 1.54) is 12.2 Å². The smallest absolute Gasteiger partial charge is 0.227 e. The van der Waals surface area contributed by atoms with Crippen LogP contribution in [-0.2, 0) is 4.79 Å². The first-order valence-electron chi connectivity index (χ1n) is 8.96. The molecule has 1 aliphatic carbocycles. The summed E-state index contributed by atoms with van der Waals surface area (Å²) < 4.78 is 40.8. The van der Waals surface area contributed by atoms with E-state index < -0.39 is 12.0 Å². The van der Waals surface area contributed by atoms with Crippen molar-refractivity contribution in [2.75, 3.05) is 12.8 Å². The van der Waals surface area contributed by atoms with Crippen LogP contribution in [0.2, 0.25) is 0 Å². The SMILES string of the molecule is C#CC(F)\C=C(F)/C(=C\CC)/N=C(/NC(=O)CCNC1=CC=CCC(F)=C1)SC. The van der Waals surface area contributed by atoms with Gasteiger partial charge >= 0.3 is 0 Å². The molecule has 0 spiro atoms. The number of amides is 1.